The van der Waals surface area contributed by atoms with Gasteiger partial charge in [-0.05, 0) is 25.0 Å². The van der Waals surface area contributed by atoms with Gasteiger partial charge >= 0.3 is 18.0 Å². The highest BCUT2D eigenvalue weighted by atomic mass is 19.4. The number of rotatable bonds is 2. The maximum atomic E-state index is 13.5. The lowest BCUT2D eigenvalue weighted by Gasteiger charge is -2.37. The number of esters is 1. The summed E-state index contributed by atoms with van der Waals surface area (Å²) in [6.07, 6.45) is -3.78. The van der Waals surface area contributed by atoms with Crippen LogP contribution in [0.2, 0.25) is 0 Å². The smallest absolute Gasteiger partial charge is 0.414 e. The molecule has 2 aliphatic rings. The summed E-state index contributed by atoms with van der Waals surface area (Å²) >= 11 is 0. The van der Waals surface area contributed by atoms with Gasteiger partial charge in [0.05, 0.1) is 0 Å². The molecular weight excluding hydrogens is 273 g/mol. The second-order valence-electron chi connectivity index (χ2n) is 4.91. The van der Waals surface area contributed by atoms with Crippen LogP contribution in [-0.2, 0) is 9.53 Å². The highest BCUT2D eigenvalue weighted by molar-refractivity contribution is 5.79. The van der Waals surface area contributed by atoms with Crippen molar-refractivity contribution in [2.24, 2.45) is 0 Å². The average Bonchev–Trinajstić information content (AvgIpc) is 2.95. The van der Waals surface area contributed by atoms with Gasteiger partial charge in [0.1, 0.15) is 6.04 Å². The number of cyclic esters (lactones) is 1. The zero-order chi connectivity index (χ0) is 14.4. The number of hydrogen-bond acceptors (Lipinski definition) is 4. The Kier molecular flexibility index (Phi) is 2.89. The summed E-state index contributed by atoms with van der Waals surface area (Å²) in [7, 11) is 0. The first kappa shape index (κ1) is 13.2. The summed E-state index contributed by atoms with van der Waals surface area (Å²) in [4.78, 5) is 12.8. The van der Waals surface area contributed by atoms with Crippen LogP contribution < -0.4 is 5.32 Å². The highest BCUT2D eigenvalue weighted by Crippen LogP contribution is 2.45. The fourth-order valence-corrected chi connectivity index (χ4v) is 2.77. The fraction of sp³-hybridized carbons (Fsp3) is 0.462. The van der Waals surface area contributed by atoms with Crippen molar-refractivity contribution in [2.75, 3.05) is 11.9 Å². The molecule has 0 radical (unpaired) electrons. The van der Waals surface area contributed by atoms with E-state index < -0.39 is 24.0 Å². The Labute approximate surface area is 113 Å². The minimum Gasteiger partial charge on any atom is -0.414 e. The van der Waals surface area contributed by atoms with E-state index in [1.54, 1.807) is 18.2 Å². The number of carbonyl (C=O) groups is 1. The number of fused-ring (bicyclic) bond motifs is 1. The number of alkyl halides is 3. The van der Waals surface area contributed by atoms with E-state index in [0.29, 0.717) is 12.8 Å². The van der Waals surface area contributed by atoms with E-state index in [0.717, 1.165) is 4.90 Å². The van der Waals surface area contributed by atoms with Crippen molar-refractivity contribution in [1.29, 1.82) is 0 Å². The molecule has 3 rings (SSSR count). The molecule has 1 N–H and O–H groups in total. The summed E-state index contributed by atoms with van der Waals surface area (Å²) in [5.41, 5.74) is 0.255. The minimum atomic E-state index is -4.72. The molecule has 0 bridgehead atoms. The topological polar surface area (TPSA) is 41.6 Å². The van der Waals surface area contributed by atoms with Crippen molar-refractivity contribution in [3.8, 4) is 0 Å². The van der Waals surface area contributed by atoms with Crippen LogP contribution in [0.5, 0.6) is 0 Å². The molecule has 0 saturated carbocycles. The van der Waals surface area contributed by atoms with E-state index in [-0.39, 0.29) is 12.2 Å². The monoisotopic (exact) mass is 286 g/mol. The van der Waals surface area contributed by atoms with Crippen LogP contribution in [0.3, 0.4) is 0 Å². The van der Waals surface area contributed by atoms with Crippen LogP contribution in [0.1, 0.15) is 12.8 Å². The molecule has 4 nitrogen and oxygen atoms in total. The molecule has 2 saturated heterocycles. The van der Waals surface area contributed by atoms with E-state index in [4.69, 9.17) is 4.74 Å². The quantitative estimate of drug-likeness (QED) is 0.847. The van der Waals surface area contributed by atoms with Crippen molar-refractivity contribution in [1.82, 2.24) is 4.90 Å². The van der Waals surface area contributed by atoms with E-state index in [1.165, 1.54) is 12.1 Å². The summed E-state index contributed by atoms with van der Waals surface area (Å²) < 4.78 is 45.3. The predicted molar refractivity (Wildman–Crippen MR) is 64.7 cm³/mol. The zero-order valence-electron chi connectivity index (χ0n) is 10.5. The Morgan fingerprint density at radius 1 is 1.30 bits per heavy atom. The number of halogens is 3. The number of anilines is 1. The second kappa shape index (κ2) is 4.37. The van der Waals surface area contributed by atoms with Gasteiger partial charge in [-0.2, -0.15) is 13.2 Å². The van der Waals surface area contributed by atoms with E-state index in [9.17, 15) is 18.0 Å². The number of benzene rings is 1. The van der Waals surface area contributed by atoms with Crippen molar-refractivity contribution >= 4 is 11.7 Å². The number of para-hydroxylation sites is 1. The van der Waals surface area contributed by atoms with E-state index in [1.807, 2.05) is 0 Å². The number of hydrogen-bond donors (Lipinski definition) is 1. The Balaban J connectivity index is 2.00. The lowest BCUT2D eigenvalue weighted by molar-refractivity contribution is -0.286. The van der Waals surface area contributed by atoms with Crippen LogP contribution >= 0.6 is 0 Å². The van der Waals surface area contributed by atoms with Crippen LogP contribution in [-0.4, -0.2) is 35.5 Å². The molecule has 0 aromatic heterocycles. The Hall–Kier alpha value is -1.76. The van der Waals surface area contributed by atoms with Gasteiger partial charge in [0.15, 0.2) is 0 Å². The molecule has 2 atom stereocenters. The van der Waals surface area contributed by atoms with Gasteiger partial charge in [-0.3, -0.25) is 4.79 Å². The van der Waals surface area contributed by atoms with Gasteiger partial charge in [-0.1, -0.05) is 18.2 Å². The highest BCUT2D eigenvalue weighted by Gasteiger charge is 2.70. The van der Waals surface area contributed by atoms with Crippen molar-refractivity contribution in [3.05, 3.63) is 30.3 Å². The molecule has 2 heterocycles. The molecule has 1 aromatic carbocycles. The molecular formula is C13H13F3N2O2. The maximum absolute atomic E-state index is 13.5. The minimum absolute atomic E-state index is 0.176. The molecule has 20 heavy (non-hydrogen) atoms. The van der Waals surface area contributed by atoms with Gasteiger partial charge in [0.25, 0.3) is 0 Å². The molecule has 1 aromatic rings. The molecule has 7 heteroatoms. The normalized spacial score (nSPS) is 30.1. The first-order valence-electron chi connectivity index (χ1n) is 6.33. The standard InChI is InChI=1S/C13H13F3N2O2/c14-12(15,16)13(17-9-5-2-1-3-6-9)18-8-4-7-10(18)11(19)20-13/h1-3,5-6,10,17H,4,7-8H2/t10-,13-/m1/s1. The number of nitrogens with zero attached hydrogens (tertiary/aromatic N) is 1. The van der Waals surface area contributed by atoms with Gasteiger partial charge in [-0.25, -0.2) is 4.90 Å². The average molecular weight is 286 g/mol. The predicted octanol–water partition coefficient (Wildman–Crippen LogP) is 2.34. The Morgan fingerprint density at radius 2 is 2.00 bits per heavy atom. The molecule has 2 aliphatic heterocycles. The Bertz CT molecular complexity index is 520. The lowest BCUT2D eigenvalue weighted by atomic mass is 10.2. The second-order valence-corrected chi connectivity index (χ2v) is 4.91. The van der Waals surface area contributed by atoms with Crippen molar-refractivity contribution < 1.29 is 22.7 Å². The van der Waals surface area contributed by atoms with Crippen molar-refractivity contribution in [2.45, 2.75) is 30.9 Å². The number of ether oxygens (including phenoxy) is 1. The fourth-order valence-electron chi connectivity index (χ4n) is 2.77. The van der Waals surface area contributed by atoms with E-state index >= 15 is 0 Å². The number of carbonyl (C=O) groups excluding carboxylic acids is 1. The van der Waals surface area contributed by atoms with Crippen molar-refractivity contribution in [3.63, 3.8) is 0 Å². The molecule has 0 aliphatic carbocycles. The van der Waals surface area contributed by atoms with E-state index in [2.05, 4.69) is 5.32 Å². The first-order chi connectivity index (χ1) is 9.44. The van der Waals surface area contributed by atoms with Gasteiger partial charge in [0.2, 0.25) is 0 Å². The zero-order valence-corrected chi connectivity index (χ0v) is 10.5. The van der Waals surface area contributed by atoms with Gasteiger partial charge in [0, 0.05) is 12.2 Å². The summed E-state index contributed by atoms with van der Waals surface area (Å²) in [5.74, 6) is -3.57. The summed E-state index contributed by atoms with van der Waals surface area (Å²) in [5, 5.41) is 2.35. The lowest BCUT2D eigenvalue weighted by Crippen LogP contribution is -2.62. The van der Waals surface area contributed by atoms with Crippen LogP contribution in [0.25, 0.3) is 0 Å². The van der Waals surface area contributed by atoms with Crippen LogP contribution in [0.4, 0.5) is 18.9 Å². The SMILES string of the molecule is O=C1O[C@@](Nc2ccccc2)(C(F)(F)F)N2CCC[C@H]12. The molecule has 0 spiro atoms. The summed E-state index contributed by atoms with van der Waals surface area (Å²) in [6.45, 7) is 0.176. The van der Waals surface area contributed by atoms with Crippen LogP contribution in [0, 0.1) is 0 Å². The maximum Gasteiger partial charge on any atom is 0.465 e. The molecule has 0 amide bonds. The molecule has 0 unspecified atom stereocenters. The van der Waals surface area contributed by atoms with Gasteiger partial charge in [-0.15, -0.1) is 0 Å². The molecule has 2 fully saturated rings. The first-order valence-corrected chi connectivity index (χ1v) is 6.33. The third-order valence-electron chi connectivity index (χ3n) is 3.65. The largest absolute Gasteiger partial charge is 0.465 e. The van der Waals surface area contributed by atoms with Gasteiger partial charge < -0.3 is 10.1 Å². The third-order valence-corrected chi connectivity index (χ3v) is 3.65. The summed E-state index contributed by atoms with van der Waals surface area (Å²) in [6, 6.07) is 7.13. The van der Waals surface area contributed by atoms with Crippen LogP contribution in [0.15, 0.2) is 30.3 Å². The third kappa shape index (κ3) is 1.84. The number of nitrogens with one attached hydrogen (secondary N) is 1. The molecule has 108 valence electrons. The Morgan fingerprint density at radius 3 is 2.65 bits per heavy atom.